The Labute approximate surface area is 213 Å². The molecule has 4 rings (SSSR count). The lowest BCUT2D eigenvalue weighted by Gasteiger charge is -2.29. The van der Waals surface area contributed by atoms with Gasteiger partial charge in [0.05, 0.1) is 12.1 Å². The number of anilines is 2. The van der Waals surface area contributed by atoms with Gasteiger partial charge in [-0.05, 0) is 75.0 Å². The third kappa shape index (κ3) is 4.32. The van der Waals surface area contributed by atoms with Crippen LogP contribution in [0.3, 0.4) is 0 Å². The molecule has 1 heterocycles. The standard InChI is InChI=1S/C27H22F2N4O2S/c1-16-13-18(11-12-23(16)30-4)32-25(35)27(2,3)33(26(32)36)19-10-9-17(22(29)14-19)15-31-24(34)20-7-5-6-8-21(20)28/h5-14H,15H2,1-3H3,(H,31,34). The van der Waals surface area contributed by atoms with E-state index in [1.54, 1.807) is 56.0 Å². The molecule has 3 aromatic carbocycles. The Kier molecular flexibility index (Phi) is 6.57. The van der Waals surface area contributed by atoms with Crippen LogP contribution in [-0.4, -0.2) is 22.5 Å². The van der Waals surface area contributed by atoms with Crippen LogP contribution >= 0.6 is 12.2 Å². The van der Waals surface area contributed by atoms with E-state index in [1.807, 2.05) is 0 Å². The summed E-state index contributed by atoms with van der Waals surface area (Å²) in [7, 11) is 0. The van der Waals surface area contributed by atoms with Crippen molar-refractivity contribution in [1.29, 1.82) is 0 Å². The fraction of sp³-hybridized carbons (Fsp3) is 0.185. The predicted octanol–water partition coefficient (Wildman–Crippen LogP) is 5.67. The number of hydrogen-bond donors (Lipinski definition) is 1. The van der Waals surface area contributed by atoms with Gasteiger partial charge in [-0.3, -0.25) is 14.5 Å². The number of carbonyl (C=O) groups excluding carboxylic acids is 2. The molecule has 0 saturated carbocycles. The summed E-state index contributed by atoms with van der Waals surface area (Å²) in [6.07, 6.45) is 0. The summed E-state index contributed by atoms with van der Waals surface area (Å²) in [4.78, 5) is 32.0. The van der Waals surface area contributed by atoms with Gasteiger partial charge in [-0.25, -0.2) is 13.6 Å². The molecule has 0 aromatic heterocycles. The van der Waals surface area contributed by atoms with Crippen molar-refractivity contribution in [2.45, 2.75) is 32.9 Å². The minimum absolute atomic E-state index is 0.128. The molecule has 0 atom stereocenters. The number of rotatable bonds is 5. The minimum Gasteiger partial charge on any atom is -0.348 e. The molecule has 0 spiro atoms. The molecular weight excluding hydrogens is 482 g/mol. The SMILES string of the molecule is [C-]#[N+]c1ccc(N2C(=O)C(C)(C)N(c3ccc(CNC(=O)c4ccccc4F)c(F)c3)C2=S)cc1C. The molecule has 3 aromatic rings. The summed E-state index contributed by atoms with van der Waals surface area (Å²) in [5.41, 5.74) is 1.05. The number of hydrogen-bond acceptors (Lipinski definition) is 3. The Morgan fingerprint density at radius 3 is 2.39 bits per heavy atom. The van der Waals surface area contributed by atoms with Crippen LogP contribution < -0.4 is 15.1 Å². The lowest BCUT2D eigenvalue weighted by atomic mass is 10.0. The van der Waals surface area contributed by atoms with Crippen molar-refractivity contribution in [3.05, 3.63) is 100 Å². The highest BCUT2D eigenvalue weighted by Gasteiger charge is 2.50. The summed E-state index contributed by atoms with van der Waals surface area (Å²) in [6.45, 7) is 12.3. The maximum absolute atomic E-state index is 15.0. The Morgan fingerprint density at radius 2 is 1.75 bits per heavy atom. The number of nitrogens with zero attached hydrogens (tertiary/aromatic N) is 3. The second-order valence-electron chi connectivity index (χ2n) is 8.84. The zero-order chi connectivity index (χ0) is 26.2. The van der Waals surface area contributed by atoms with Crippen LogP contribution in [0.2, 0.25) is 0 Å². The van der Waals surface area contributed by atoms with Crippen LogP contribution in [0.1, 0.15) is 35.3 Å². The first-order valence-electron chi connectivity index (χ1n) is 11.0. The molecule has 0 aliphatic carbocycles. The van der Waals surface area contributed by atoms with Gasteiger partial charge in [-0.1, -0.05) is 24.3 Å². The van der Waals surface area contributed by atoms with E-state index >= 15 is 4.39 Å². The van der Waals surface area contributed by atoms with Crippen LogP contribution in [0, 0.1) is 25.1 Å². The first kappa shape index (κ1) is 24.9. The highest BCUT2D eigenvalue weighted by molar-refractivity contribution is 7.81. The van der Waals surface area contributed by atoms with Crippen molar-refractivity contribution in [1.82, 2.24) is 5.32 Å². The van der Waals surface area contributed by atoms with E-state index in [4.69, 9.17) is 18.8 Å². The number of thiocarbonyl (C=S) groups is 1. The summed E-state index contributed by atoms with van der Waals surface area (Å²) in [6, 6.07) is 14.9. The van der Waals surface area contributed by atoms with Crippen LogP contribution in [-0.2, 0) is 11.3 Å². The number of nitrogens with one attached hydrogen (secondary N) is 1. The second kappa shape index (κ2) is 9.47. The molecule has 1 fully saturated rings. The largest absolute Gasteiger partial charge is 0.348 e. The minimum atomic E-state index is -1.10. The molecule has 0 radical (unpaired) electrons. The van der Waals surface area contributed by atoms with E-state index in [2.05, 4.69) is 10.2 Å². The van der Waals surface area contributed by atoms with E-state index in [0.29, 0.717) is 22.6 Å². The Bertz CT molecular complexity index is 1450. The van der Waals surface area contributed by atoms with E-state index in [9.17, 15) is 14.0 Å². The van der Waals surface area contributed by atoms with Crippen LogP contribution in [0.15, 0.2) is 60.7 Å². The lowest BCUT2D eigenvalue weighted by molar-refractivity contribution is -0.120. The predicted molar refractivity (Wildman–Crippen MR) is 138 cm³/mol. The van der Waals surface area contributed by atoms with Crippen molar-refractivity contribution in [2.24, 2.45) is 0 Å². The lowest BCUT2D eigenvalue weighted by Crippen LogP contribution is -2.44. The molecule has 182 valence electrons. The van der Waals surface area contributed by atoms with Gasteiger partial charge < -0.3 is 10.2 Å². The number of amides is 2. The van der Waals surface area contributed by atoms with E-state index in [1.165, 1.54) is 35.2 Å². The molecule has 1 aliphatic rings. The smallest absolute Gasteiger partial charge is 0.259 e. The normalized spacial score (nSPS) is 14.7. The molecule has 1 saturated heterocycles. The van der Waals surface area contributed by atoms with Crippen LogP contribution in [0.5, 0.6) is 0 Å². The summed E-state index contributed by atoms with van der Waals surface area (Å²) in [5, 5.41) is 2.70. The van der Waals surface area contributed by atoms with Crippen molar-refractivity contribution < 1.29 is 18.4 Å². The van der Waals surface area contributed by atoms with Gasteiger partial charge in [0.1, 0.15) is 17.2 Å². The van der Waals surface area contributed by atoms with E-state index in [0.717, 1.165) is 0 Å². The molecular formula is C27H22F2N4O2S. The molecule has 1 N–H and O–H groups in total. The average molecular weight is 505 g/mol. The summed E-state index contributed by atoms with van der Waals surface area (Å²) < 4.78 is 28.9. The molecule has 2 amide bonds. The maximum atomic E-state index is 15.0. The zero-order valence-corrected chi connectivity index (χ0v) is 20.6. The molecule has 9 heteroatoms. The number of carbonyl (C=O) groups is 2. The summed E-state index contributed by atoms with van der Waals surface area (Å²) >= 11 is 5.64. The van der Waals surface area contributed by atoms with E-state index < -0.39 is 23.1 Å². The van der Waals surface area contributed by atoms with Gasteiger partial charge in [0, 0.05) is 23.5 Å². The molecule has 0 bridgehead atoms. The molecule has 6 nitrogen and oxygen atoms in total. The Morgan fingerprint density at radius 1 is 1.06 bits per heavy atom. The van der Waals surface area contributed by atoms with Crippen LogP contribution in [0.4, 0.5) is 25.8 Å². The van der Waals surface area contributed by atoms with Crippen LogP contribution in [0.25, 0.3) is 4.85 Å². The van der Waals surface area contributed by atoms with Gasteiger partial charge in [0.25, 0.3) is 11.8 Å². The van der Waals surface area contributed by atoms with Crippen molar-refractivity contribution >= 4 is 46.2 Å². The van der Waals surface area contributed by atoms with Gasteiger partial charge in [0.15, 0.2) is 10.8 Å². The van der Waals surface area contributed by atoms with Gasteiger partial charge in [-0.2, -0.15) is 0 Å². The third-order valence-electron chi connectivity index (χ3n) is 6.08. The third-order valence-corrected chi connectivity index (χ3v) is 6.44. The topological polar surface area (TPSA) is 57.0 Å². The van der Waals surface area contributed by atoms with Gasteiger partial charge in [0.2, 0.25) is 0 Å². The van der Waals surface area contributed by atoms with Crippen molar-refractivity contribution in [3.8, 4) is 0 Å². The van der Waals surface area contributed by atoms with Gasteiger partial charge in [-0.15, -0.1) is 0 Å². The summed E-state index contributed by atoms with van der Waals surface area (Å²) in [5.74, 6) is -2.21. The number of halogens is 2. The first-order valence-corrected chi connectivity index (χ1v) is 11.4. The number of aryl methyl sites for hydroxylation is 1. The fourth-order valence-electron chi connectivity index (χ4n) is 4.10. The molecule has 1 aliphatic heterocycles. The number of benzene rings is 3. The first-order chi connectivity index (χ1) is 17.1. The maximum Gasteiger partial charge on any atom is 0.259 e. The highest BCUT2D eigenvalue weighted by atomic mass is 32.1. The molecule has 0 unspecified atom stereocenters. The monoisotopic (exact) mass is 504 g/mol. The van der Waals surface area contributed by atoms with Crippen molar-refractivity contribution in [3.63, 3.8) is 0 Å². The second-order valence-corrected chi connectivity index (χ2v) is 9.20. The van der Waals surface area contributed by atoms with Crippen molar-refractivity contribution in [2.75, 3.05) is 9.80 Å². The van der Waals surface area contributed by atoms with Gasteiger partial charge >= 0.3 is 0 Å². The Balaban J connectivity index is 1.58. The fourth-order valence-corrected chi connectivity index (χ4v) is 4.62. The Hall–Kier alpha value is -4.16. The molecule has 36 heavy (non-hydrogen) atoms. The quantitative estimate of drug-likeness (QED) is 0.359. The highest BCUT2D eigenvalue weighted by Crippen LogP contribution is 2.38. The average Bonchev–Trinajstić information content (AvgIpc) is 3.01. The zero-order valence-electron chi connectivity index (χ0n) is 19.8. The van der Waals surface area contributed by atoms with E-state index in [-0.39, 0.29) is 28.7 Å².